The molecule has 0 saturated carbocycles. The Morgan fingerprint density at radius 2 is 1.97 bits per heavy atom. The summed E-state index contributed by atoms with van der Waals surface area (Å²) in [5.41, 5.74) is -1.60. The number of halogens is 2. The van der Waals surface area contributed by atoms with Gasteiger partial charge in [-0.15, -0.1) is 0 Å². The van der Waals surface area contributed by atoms with Crippen molar-refractivity contribution in [2.75, 3.05) is 13.1 Å². The molecule has 31 heavy (non-hydrogen) atoms. The molecular weight excluding hydrogens is 404 g/mol. The van der Waals surface area contributed by atoms with Crippen LogP contribution in [0, 0.1) is 17.1 Å². The second kappa shape index (κ2) is 8.88. The summed E-state index contributed by atoms with van der Waals surface area (Å²) >= 11 is 0. The summed E-state index contributed by atoms with van der Waals surface area (Å²) in [5.74, 6) is -0.375. The molecule has 1 aliphatic rings. The zero-order valence-electron chi connectivity index (χ0n) is 17.8. The summed E-state index contributed by atoms with van der Waals surface area (Å²) in [6.45, 7) is 5.69. The third-order valence-electron chi connectivity index (χ3n) is 4.95. The van der Waals surface area contributed by atoms with Crippen molar-refractivity contribution in [3.63, 3.8) is 0 Å². The van der Waals surface area contributed by atoms with Crippen molar-refractivity contribution in [1.82, 2.24) is 9.88 Å². The number of hydrogen-bond donors (Lipinski definition) is 0. The summed E-state index contributed by atoms with van der Waals surface area (Å²) in [6, 6.07) is 10.8. The van der Waals surface area contributed by atoms with Gasteiger partial charge in [-0.25, -0.2) is 18.6 Å². The van der Waals surface area contributed by atoms with Gasteiger partial charge in [-0.1, -0.05) is 12.1 Å². The van der Waals surface area contributed by atoms with E-state index in [4.69, 9.17) is 14.7 Å². The predicted octanol–water partition coefficient (Wildman–Crippen LogP) is 4.87. The zero-order chi connectivity index (χ0) is 22.6. The molecule has 6 nitrogen and oxygen atoms in total. The van der Waals surface area contributed by atoms with E-state index in [0.717, 1.165) is 6.07 Å². The number of nitrogens with zero attached hydrogens (tertiary/aromatic N) is 3. The Bertz CT molecular complexity index is 990. The molecule has 0 bridgehead atoms. The number of nitriles is 1. The Morgan fingerprint density at radius 3 is 2.58 bits per heavy atom. The normalized spacial score (nSPS) is 15.8. The van der Waals surface area contributed by atoms with Crippen molar-refractivity contribution >= 4 is 6.09 Å². The van der Waals surface area contributed by atoms with Crippen LogP contribution in [0.1, 0.15) is 50.4 Å². The van der Waals surface area contributed by atoms with Gasteiger partial charge >= 0.3 is 6.09 Å². The van der Waals surface area contributed by atoms with Crippen molar-refractivity contribution in [2.24, 2.45) is 0 Å². The number of carbonyl (C=O) groups is 1. The number of amides is 1. The average Bonchev–Trinajstić information content (AvgIpc) is 2.72. The number of benzene rings is 1. The quantitative estimate of drug-likeness (QED) is 0.693. The second-order valence-electron chi connectivity index (χ2n) is 8.50. The molecule has 0 atom stereocenters. The van der Waals surface area contributed by atoms with E-state index in [-0.39, 0.29) is 55.2 Å². The van der Waals surface area contributed by atoms with Crippen molar-refractivity contribution in [3.8, 4) is 11.9 Å². The van der Waals surface area contributed by atoms with Gasteiger partial charge in [-0.3, -0.25) is 0 Å². The SMILES string of the molecule is CC(C)(C)OC(=O)N1CCC(F)(c2cccc(OCc3ccc(C#N)cc3F)n2)CC1. The smallest absolute Gasteiger partial charge is 0.410 e. The molecule has 0 N–H and O–H groups in total. The van der Waals surface area contributed by atoms with Crippen LogP contribution in [0.15, 0.2) is 36.4 Å². The van der Waals surface area contributed by atoms with Crippen molar-refractivity contribution < 1.29 is 23.0 Å². The third-order valence-corrected chi connectivity index (χ3v) is 4.95. The van der Waals surface area contributed by atoms with Gasteiger partial charge in [0.15, 0.2) is 5.67 Å². The lowest BCUT2D eigenvalue weighted by atomic mass is 9.90. The highest BCUT2D eigenvalue weighted by molar-refractivity contribution is 5.68. The van der Waals surface area contributed by atoms with E-state index in [0.29, 0.717) is 0 Å². The molecule has 1 saturated heterocycles. The molecule has 8 heteroatoms. The van der Waals surface area contributed by atoms with Crippen LogP contribution in [-0.2, 0) is 17.0 Å². The van der Waals surface area contributed by atoms with Gasteiger partial charge in [0.1, 0.15) is 18.0 Å². The fourth-order valence-electron chi connectivity index (χ4n) is 3.26. The molecule has 1 fully saturated rings. The monoisotopic (exact) mass is 429 g/mol. The Morgan fingerprint density at radius 1 is 1.26 bits per heavy atom. The number of likely N-dealkylation sites (tertiary alicyclic amines) is 1. The number of carbonyl (C=O) groups excluding carboxylic acids is 1. The van der Waals surface area contributed by atoms with E-state index in [1.54, 1.807) is 39.0 Å². The fraction of sp³-hybridized carbons (Fsp3) is 0.435. The number of ether oxygens (including phenoxy) is 2. The van der Waals surface area contributed by atoms with E-state index >= 15 is 4.39 Å². The van der Waals surface area contributed by atoms with Crippen LogP contribution in [0.2, 0.25) is 0 Å². The van der Waals surface area contributed by atoms with Gasteiger partial charge in [0.05, 0.1) is 17.3 Å². The first-order valence-corrected chi connectivity index (χ1v) is 10.1. The van der Waals surface area contributed by atoms with Crippen LogP contribution in [0.4, 0.5) is 13.6 Å². The highest BCUT2D eigenvalue weighted by Gasteiger charge is 2.40. The summed E-state index contributed by atoms with van der Waals surface area (Å²) < 4.78 is 40.5. The molecule has 1 amide bonds. The standard InChI is InChI=1S/C23H25F2N3O3/c1-22(2,3)31-21(29)28-11-9-23(25,10-12-28)19-5-4-6-20(27-19)30-15-17-8-7-16(14-26)13-18(17)24/h4-8,13H,9-12,15H2,1-3H3. The van der Waals surface area contributed by atoms with Crippen LogP contribution in [0.25, 0.3) is 0 Å². The molecule has 0 spiro atoms. The maximum atomic E-state index is 15.6. The molecule has 0 unspecified atom stereocenters. The van der Waals surface area contributed by atoms with Crippen LogP contribution in [-0.4, -0.2) is 34.7 Å². The van der Waals surface area contributed by atoms with Crippen LogP contribution in [0.3, 0.4) is 0 Å². The first-order valence-electron chi connectivity index (χ1n) is 10.1. The van der Waals surface area contributed by atoms with E-state index in [1.165, 1.54) is 17.0 Å². The first-order chi connectivity index (χ1) is 14.6. The highest BCUT2D eigenvalue weighted by atomic mass is 19.1. The summed E-state index contributed by atoms with van der Waals surface area (Å²) in [6.07, 6.45) is -0.274. The lowest BCUT2D eigenvalue weighted by molar-refractivity contribution is 0.00110. The lowest BCUT2D eigenvalue weighted by Crippen LogP contribution is -2.45. The molecule has 164 valence electrons. The van der Waals surface area contributed by atoms with E-state index in [9.17, 15) is 9.18 Å². The minimum Gasteiger partial charge on any atom is -0.473 e. The second-order valence-corrected chi connectivity index (χ2v) is 8.50. The van der Waals surface area contributed by atoms with Crippen LogP contribution in [0.5, 0.6) is 5.88 Å². The molecule has 1 aromatic carbocycles. The number of alkyl halides is 1. The topological polar surface area (TPSA) is 75.4 Å². The highest BCUT2D eigenvalue weighted by Crippen LogP contribution is 2.37. The lowest BCUT2D eigenvalue weighted by Gasteiger charge is -2.36. The Labute approximate surface area is 180 Å². The Balaban J connectivity index is 1.63. The summed E-state index contributed by atoms with van der Waals surface area (Å²) in [7, 11) is 0. The Kier molecular flexibility index (Phi) is 6.44. The molecule has 2 aromatic rings. The number of rotatable bonds is 4. The fourth-order valence-corrected chi connectivity index (χ4v) is 3.26. The number of pyridine rings is 1. The molecule has 3 rings (SSSR count). The first kappa shape index (κ1) is 22.5. The number of hydrogen-bond acceptors (Lipinski definition) is 5. The number of aromatic nitrogens is 1. The summed E-state index contributed by atoms with van der Waals surface area (Å²) in [5, 5.41) is 8.81. The van der Waals surface area contributed by atoms with Crippen molar-refractivity contribution in [3.05, 3.63) is 59.0 Å². The molecule has 2 heterocycles. The minimum absolute atomic E-state index is 0.0902. The minimum atomic E-state index is -1.70. The molecule has 0 radical (unpaired) electrons. The van der Waals surface area contributed by atoms with Gasteiger partial charge < -0.3 is 14.4 Å². The van der Waals surface area contributed by atoms with Gasteiger partial charge in [0.25, 0.3) is 0 Å². The predicted molar refractivity (Wildman–Crippen MR) is 110 cm³/mol. The Hall–Kier alpha value is -3.21. The molecule has 1 aliphatic heterocycles. The van der Waals surface area contributed by atoms with Crippen LogP contribution < -0.4 is 4.74 Å². The molecule has 0 aliphatic carbocycles. The zero-order valence-corrected chi connectivity index (χ0v) is 17.8. The van der Waals surface area contributed by atoms with Crippen molar-refractivity contribution in [1.29, 1.82) is 5.26 Å². The average molecular weight is 429 g/mol. The third kappa shape index (κ3) is 5.69. The van der Waals surface area contributed by atoms with E-state index < -0.39 is 23.2 Å². The van der Waals surface area contributed by atoms with Gasteiger partial charge in [0, 0.05) is 37.6 Å². The van der Waals surface area contributed by atoms with Gasteiger partial charge in [-0.05, 0) is 39.0 Å². The van der Waals surface area contributed by atoms with E-state index in [1.807, 2.05) is 6.07 Å². The van der Waals surface area contributed by atoms with E-state index in [2.05, 4.69) is 4.98 Å². The maximum Gasteiger partial charge on any atom is 0.410 e. The summed E-state index contributed by atoms with van der Waals surface area (Å²) in [4.78, 5) is 18.0. The number of piperidine rings is 1. The maximum absolute atomic E-state index is 15.6. The van der Waals surface area contributed by atoms with Gasteiger partial charge in [-0.2, -0.15) is 5.26 Å². The van der Waals surface area contributed by atoms with Crippen molar-refractivity contribution in [2.45, 2.75) is 51.5 Å². The van der Waals surface area contributed by atoms with Gasteiger partial charge in [0.2, 0.25) is 5.88 Å². The largest absolute Gasteiger partial charge is 0.473 e. The molecular formula is C23H25F2N3O3. The van der Waals surface area contributed by atoms with Crippen LogP contribution >= 0.6 is 0 Å². The molecule has 1 aromatic heterocycles.